The van der Waals surface area contributed by atoms with Crippen LogP contribution in [0.2, 0.25) is 0 Å². The van der Waals surface area contributed by atoms with Crippen LogP contribution in [0.4, 0.5) is 0 Å². The van der Waals surface area contributed by atoms with Crippen LogP contribution < -0.4 is 4.74 Å². The lowest BCUT2D eigenvalue weighted by Crippen LogP contribution is -2.31. The van der Waals surface area contributed by atoms with E-state index in [9.17, 15) is 0 Å². The molecule has 4 nitrogen and oxygen atoms in total. The monoisotopic (exact) mass is 854 g/mol. The lowest BCUT2D eigenvalue weighted by Gasteiger charge is -2.36. The highest BCUT2D eigenvalue weighted by Gasteiger charge is 2.54. The van der Waals surface area contributed by atoms with Crippen LogP contribution in [-0.4, -0.2) is 9.13 Å². The normalized spacial score (nSPS) is 14.7. The third-order valence-electron chi connectivity index (χ3n) is 14.6. The molecule has 0 bridgehead atoms. The second-order valence-corrected chi connectivity index (χ2v) is 18.0. The van der Waals surface area contributed by atoms with Gasteiger partial charge in [0.15, 0.2) is 11.5 Å². The molecule has 3 aromatic heterocycles. The van der Waals surface area contributed by atoms with Gasteiger partial charge in [-0.3, -0.25) is 0 Å². The van der Waals surface area contributed by atoms with Gasteiger partial charge in [-0.15, -0.1) is 0 Å². The van der Waals surface area contributed by atoms with Gasteiger partial charge in [0.25, 0.3) is 0 Å². The third-order valence-corrected chi connectivity index (χ3v) is 14.6. The summed E-state index contributed by atoms with van der Waals surface area (Å²) in [6.07, 6.45) is 0. The highest BCUT2D eigenvalue weighted by molar-refractivity contribution is 6.12. The molecule has 1 aliphatic carbocycles. The van der Waals surface area contributed by atoms with Crippen molar-refractivity contribution < 1.29 is 9.15 Å². The third kappa shape index (κ3) is 4.96. The van der Waals surface area contributed by atoms with Crippen molar-refractivity contribution >= 4 is 54.6 Å². The number of fused-ring (bicyclic) bond motifs is 17. The Kier molecular flexibility index (Phi) is 7.40. The lowest BCUT2D eigenvalue weighted by atomic mass is 9.69. The molecular weight excluding hydrogens is 817 g/mol. The van der Waals surface area contributed by atoms with Gasteiger partial charge in [0, 0.05) is 38.5 Å². The maximum atomic E-state index is 7.21. The molecule has 0 N–H and O–H groups in total. The minimum absolute atomic E-state index is 0.763. The van der Waals surface area contributed by atoms with Gasteiger partial charge >= 0.3 is 0 Å². The van der Waals surface area contributed by atoms with E-state index in [0.717, 1.165) is 67.3 Å². The SMILES string of the molecule is c1ccc(-c2ccc3c(c2)c2cc(-c4ccccc4)ccc2n3-c2ccc3c(c2)C2(c4ccccc4Oc4c2oc2ccccc42)c2cc(-n4c5ccccc5c5ccccc54)ccc2-3)cc1. The van der Waals surface area contributed by atoms with Crippen molar-refractivity contribution in [2.75, 3.05) is 0 Å². The van der Waals surface area contributed by atoms with Crippen LogP contribution in [-0.2, 0) is 5.41 Å². The first-order valence-electron chi connectivity index (χ1n) is 23.0. The fourth-order valence-electron chi connectivity index (χ4n) is 11.7. The molecule has 1 spiro atoms. The standard InChI is InChI=1S/C63H38N2O2/c1-3-15-39(16-4-1)41-27-33-57-50(35-41)51-36-42(40-17-5-2-6-18-40)28-34-58(51)65(57)44-30-32-46-45-31-29-43(64-55-23-11-7-19-47(55)48-20-8-12-24-56(48)64)37-53(45)63(54(46)38-44)52-22-10-14-26-60(52)66-61-49-21-9-13-25-59(49)67-62(61)63/h1-38H. The Balaban J connectivity index is 1.03. The van der Waals surface area contributed by atoms with Crippen LogP contribution in [0.25, 0.3) is 99.3 Å². The van der Waals surface area contributed by atoms with E-state index < -0.39 is 5.41 Å². The van der Waals surface area contributed by atoms with Crippen LogP contribution in [0.5, 0.6) is 11.5 Å². The molecule has 312 valence electrons. The maximum Gasteiger partial charge on any atom is 0.178 e. The quantitative estimate of drug-likeness (QED) is 0.177. The summed E-state index contributed by atoms with van der Waals surface area (Å²) in [5, 5.41) is 5.84. The van der Waals surface area contributed by atoms with Crippen molar-refractivity contribution in [1.29, 1.82) is 0 Å². The van der Waals surface area contributed by atoms with Gasteiger partial charge in [-0.05, 0) is 123 Å². The van der Waals surface area contributed by atoms with E-state index in [1.807, 2.05) is 6.07 Å². The zero-order chi connectivity index (χ0) is 43.8. The zero-order valence-corrected chi connectivity index (χ0v) is 36.2. The summed E-state index contributed by atoms with van der Waals surface area (Å²) in [6.45, 7) is 0. The van der Waals surface area contributed by atoms with Crippen LogP contribution in [0.15, 0.2) is 235 Å². The minimum atomic E-state index is -0.863. The Morgan fingerprint density at radius 1 is 0.328 bits per heavy atom. The number of benzene rings is 10. The molecule has 0 saturated heterocycles. The van der Waals surface area contributed by atoms with Gasteiger partial charge < -0.3 is 18.3 Å². The molecule has 1 atom stereocenters. The number of aromatic nitrogens is 2. The molecule has 0 saturated carbocycles. The van der Waals surface area contributed by atoms with Crippen molar-refractivity contribution in [3.05, 3.63) is 253 Å². The Hall–Kier alpha value is -8.86. The first-order valence-corrected chi connectivity index (χ1v) is 23.0. The number of ether oxygens (including phenoxy) is 1. The largest absolute Gasteiger partial charge is 0.455 e. The predicted octanol–water partition coefficient (Wildman–Crippen LogP) is 16.4. The number of para-hydroxylation sites is 4. The number of hydrogen-bond acceptors (Lipinski definition) is 2. The van der Waals surface area contributed by atoms with Crippen molar-refractivity contribution in [2.45, 2.75) is 5.41 Å². The number of rotatable bonds is 4. The Morgan fingerprint density at radius 3 is 1.39 bits per heavy atom. The molecule has 4 heterocycles. The van der Waals surface area contributed by atoms with Gasteiger partial charge in [0.1, 0.15) is 16.7 Å². The van der Waals surface area contributed by atoms with Crippen LogP contribution >= 0.6 is 0 Å². The van der Waals surface area contributed by atoms with E-state index in [-0.39, 0.29) is 0 Å². The summed E-state index contributed by atoms with van der Waals surface area (Å²) >= 11 is 0. The van der Waals surface area contributed by atoms with Crippen molar-refractivity contribution in [3.63, 3.8) is 0 Å². The van der Waals surface area contributed by atoms with Crippen LogP contribution in [0.3, 0.4) is 0 Å². The van der Waals surface area contributed by atoms with E-state index >= 15 is 0 Å². The highest BCUT2D eigenvalue weighted by Crippen LogP contribution is 2.64. The Labute approximate surface area is 385 Å². The maximum absolute atomic E-state index is 7.21. The first-order chi connectivity index (χ1) is 33.2. The van der Waals surface area contributed by atoms with Crippen LogP contribution in [0.1, 0.15) is 22.5 Å². The minimum Gasteiger partial charge on any atom is -0.455 e. The molecule has 0 radical (unpaired) electrons. The van der Waals surface area contributed by atoms with Gasteiger partial charge in [0.05, 0.1) is 27.5 Å². The molecule has 1 unspecified atom stereocenters. The molecule has 1 aliphatic heterocycles. The van der Waals surface area contributed by atoms with E-state index in [1.165, 1.54) is 66.0 Å². The molecule has 0 amide bonds. The first kappa shape index (κ1) is 36.5. The van der Waals surface area contributed by atoms with E-state index in [2.05, 4.69) is 234 Å². The average Bonchev–Trinajstić information content (AvgIpc) is 4.12. The van der Waals surface area contributed by atoms with Crippen molar-refractivity contribution in [3.8, 4) is 56.3 Å². The van der Waals surface area contributed by atoms with Gasteiger partial charge in [-0.25, -0.2) is 0 Å². The summed E-state index contributed by atoms with van der Waals surface area (Å²) < 4.78 is 19.1. The van der Waals surface area contributed by atoms with Gasteiger partial charge in [0.2, 0.25) is 0 Å². The number of hydrogen-bond donors (Lipinski definition) is 0. The summed E-state index contributed by atoms with van der Waals surface area (Å²) in [7, 11) is 0. The second-order valence-electron chi connectivity index (χ2n) is 18.0. The molecule has 13 aromatic rings. The fraction of sp³-hybridized carbons (Fsp3) is 0.0159. The predicted molar refractivity (Wildman–Crippen MR) is 273 cm³/mol. The zero-order valence-electron chi connectivity index (χ0n) is 36.2. The lowest BCUT2D eigenvalue weighted by molar-refractivity contribution is 0.389. The molecule has 4 heteroatoms. The average molecular weight is 855 g/mol. The Morgan fingerprint density at radius 2 is 0.806 bits per heavy atom. The van der Waals surface area contributed by atoms with Crippen LogP contribution in [0, 0.1) is 0 Å². The van der Waals surface area contributed by atoms with Crippen molar-refractivity contribution in [2.24, 2.45) is 0 Å². The molecule has 2 aliphatic rings. The molecule has 0 fully saturated rings. The number of furan rings is 1. The van der Waals surface area contributed by atoms with E-state index in [4.69, 9.17) is 9.15 Å². The van der Waals surface area contributed by atoms with E-state index in [0.29, 0.717) is 0 Å². The Bertz CT molecular complexity index is 4040. The molecular formula is C63H38N2O2. The summed E-state index contributed by atoms with van der Waals surface area (Å²) in [5.41, 5.74) is 17.3. The fourth-order valence-corrected chi connectivity index (χ4v) is 11.7. The molecule has 10 aromatic carbocycles. The van der Waals surface area contributed by atoms with Gasteiger partial charge in [-0.2, -0.15) is 0 Å². The smallest absolute Gasteiger partial charge is 0.178 e. The summed E-state index contributed by atoms with van der Waals surface area (Å²) in [5.74, 6) is 2.39. The van der Waals surface area contributed by atoms with Crippen molar-refractivity contribution in [1.82, 2.24) is 9.13 Å². The topological polar surface area (TPSA) is 32.2 Å². The number of nitrogens with zero attached hydrogens (tertiary/aromatic N) is 2. The molecule has 67 heavy (non-hydrogen) atoms. The molecule has 15 rings (SSSR count). The highest BCUT2D eigenvalue weighted by atomic mass is 16.5. The van der Waals surface area contributed by atoms with Gasteiger partial charge in [-0.1, -0.05) is 152 Å². The summed E-state index contributed by atoms with van der Waals surface area (Å²) in [6, 6.07) is 83.7. The summed E-state index contributed by atoms with van der Waals surface area (Å²) in [4.78, 5) is 0. The second kappa shape index (κ2) is 13.6. The van der Waals surface area contributed by atoms with E-state index in [1.54, 1.807) is 0 Å².